The van der Waals surface area contributed by atoms with Gasteiger partial charge in [-0.2, -0.15) is 0 Å². The van der Waals surface area contributed by atoms with Gasteiger partial charge in [-0.05, 0) is 43.0 Å². The normalized spacial score (nSPS) is 13.8. The zero-order valence-electron chi connectivity index (χ0n) is 16.6. The van der Waals surface area contributed by atoms with Crippen molar-refractivity contribution in [2.75, 3.05) is 10.6 Å². The van der Waals surface area contributed by atoms with Crippen LogP contribution >= 0.6 is 0 Å². The van der Waals surface area contributed by atoms with Gasteiger partial charge in [-0.25, -0.2) is 12.8 Å². The Hall–Kier alpha value is -2.41. The lowest BCUT2D eigenvalue weighted by Crippen LogP contribution is -2.48. The Bertz CT molecular complexity index is 901. The standard InChI is InChI=1S/C21H27FN2O3S/c1-15(2)13-20(17-9-6-5-7-10-17)23-21(25)16(3)24(28(4,26)27)19-12-8-11-18(22)14-19/h5-12,14-16,20H,13H2,1-4H3,(H,23,25). The van der Waals surface area contributed by atoms with E-state index in [1.54, 1.807) is 0 Å². The maximum absolute atomic E-state index is 13.6. The van der Waals surface area contributed by atoms with E-state index in [0.29, 0.717) is 12.3 Å². The van der Waals surface area contributed by atoms with Gasteiger partial charge in [0.2, 0.25) is 15.9 Å². The molecule has 0 bridgehead atoms. The fourth-order valence-electron chi connectivity index (χ4n) is 3.15. The second-order valence-electron chi connectivity index (χ2n) is 7.32. The molecule has 0 saturated carbocycles. The number of nitrogens with zero attached hydrogens (tertiary/aromatic N) is 1. The smallest absolute Gasteiger partial charge is 0.244 e. The van der Waals surface area contributed by atoms with E-state index >= 15 is 0 Å². The number of hydrogen-bond donors (Lipinski definition) is 1. The van der Waals surface area contributed by atoms with Gasteiger partial charge in [-0.15, -0.1) is 0 Å². The molecule has 0 heterocycles. The second-order valence-corrected chi connectivity index (χ2v) is 9.18. The number of carbonyl (C=O) groups is 1. The number of sulfonamides is 1. The summed E-state index contributed by atoms with van der Waals surface area (Å²) in [7, 11) is -3.80. The highest BCUT2D eigenvalue weighted by Gasteiger charge is 2.30. The van der Waals surface area contributed by atoms with Crippen LogP contribution in [-0.4, -0.2) is 26.6 Å². The van der Waals surface area contributed by atoms with Crippen molar-refractivity contribution in [1.82, 2.24) is 5.32 Å². The minimum absolute atomic E-state index is 0.116. The Kier molecular flexibility index (Phi) is 7.18. The van der Waals surface area contributed by atoms with E-state index in [4.69, 9.17) is 0 Å². The molecule has 0 aliphatic carbocycles. The lowest BCUT2D eigenvalue weighted by Gasteiger charge is -2.30. The van der Waals surface area contributed by atoms with E-state index in [0.717, 1.165) is 22.2 Å². The molecule has 2 aromatic rings. The largest absolute Gasteiger partial charge is 0.347 e. The first-order chi connectivity index (χ1) is 13.1. The molecular weight excluding hydrogens is 379 g/mol. The maximum atomic E-state index is 13.6. The van der Waals surface area contributed by atoms with Gasteiger partial charge in [0.1, 0.15) is 11.9 Å². The zero-order valence-corrected chi connectivity index (χ0v) is 17.4. The van der Waals surface area contributed by atoms with Crippen LogP contribution in [0.5, 0.6) is 0 Å². The summed E-state index contributed by atoms with van der Waals surface area (Å²) in [6.07, 6.45) is 1.71. The van der Waals surface area contributed by atoms with E-state index in [2.05, 4.69) is 19.2 Å². The summed E-state index contributed by atoms with van der Waals surface area (Å²) in [5, 5.41) is 2.96. The quantitative estimate of drug-likeness (QED) is 0.723. The SMILES string of the molecule is CC(C)CC(NC(=O)C(C)N(c1cccc(F)c1)S(C)(=O)=O)c1ccccc1. The van der Waals surface area contributed by atoms with Crippen molar-refractivity contribution >= 4 is 21.6 Å². The minimum Gasteiger partial charge on any atom is -0.347 e. The van der Waals surface area contributed by atoms with Crippen LogP contribution in [0.2, 0.25) is 0 Å². The fraction of sp³-hybridized carbons (Fsp3) is 0.381. The summed E-state index contributed by atoms with van der Waals surface area (Å²) in [6.45, 7) is 5.61. The zero-order chi connectivity index (χ0) is 20.9. The van der Waals surface area contributed by atoms with Crippen LogP contribution in [0, 0.1) is 11.7 Å². The Morgan fingerprint density at radius 3 is 2.25 bits per heavy atom. The average Bonchev–Trinajstić information content (AvgIpc) is 2.60. The first kappa shape index (κ1) is 21.9. The van der Waals surface area contributed by atoms with Crippen molar-refractivity contribution in [3.63, 3.8) is 0 Å². The van der Waals surface area contributed by atoms with Crippen molar-refractivity contribution in [1.29, 1.82) is 0 Å². The maximum Gasteiger partial charge on any atom is 0.244 e. The summed E-state index contributed by atoms with van der Waals surface area (Å²) < 4.78 is 39.3. The molecule has 2 aromatic carbocycles. The molecule has 2 unspecified atom stereocenters. The molecule has 2 rings (SSSR count). The highest BCUT2D eigenvalue weighted by molar-refractivity contribution is 7.92. The van der Waals surface area contributed by atoms with Gasteiger partial charge in [0, 0.05) is 0 Å². The predicted octanol–water partition coefficient (Wildman–Crippen LogP) is 3.88. The van der Waals surface area contributed by atoms with Crippen LogP contribution in [0.15, 0.2) is 54.6 Å². The third-order valence-electron chi connectivity index (χ3n) is 4.38. The van der Waals surface area contributed by atoms with Gasteiger partial charge in [-0.1, -0.05) is 50.2 Å². The summed E-state index contributed by atoms with van der Waals surface area (Å²) in [5.74, 6) is -0.681. The first-order valence-corrected chi connectivity index (χ1v) is 11.0. The van der Waals surface area contributed by atoms with Crippen LogP contribution in [0.25, 0.3) is 0 Å². The number of anilines is 1. The van der Waals surface area contributed by atoms with Crippen LogP contribution in [-0.2, 0) is 14.8 Å². The Morgan fingerprint density at radius 2 is 1.71 bits per heavy atom. The van der Waals surface area contributed by atoms with Gasteiger partial charge in [0.05, 0.1) is 18.0 Å². The number of amides is 1. The van der Waals surface area contributed by atoms with E-state index in [1.807, 2.05) is 30.3 Å². The molecule has 0 spiro atoms. The first-order valence-electron chi connectivity index (χ1n) is 9.20. The molecule has 0 aliphatic heterocycles. The third kappa shape index (κ3) is 5.79. The fourth-order valence-corrected chi connectivity index (χ4v) is 4.32. The summed E-state index contributed by atoms with van der Waals surface area (Å²) in [5.41, 5.74) is 1.07. The van der Waals surface area contributed by atoms with Crippen molar-refractivity contribution in [3.8, 4) is 0 Å². The molecule has 0 fully saturated rings. The summed E-state index contributed by atoms with van der Waals surface area (Å²) in [6, 6.07) is 13.5. The van der Waals surface area contributed by atoms with Crippen molar-refractivity contribution in [2.45, 2.75) is 39.3 Å². The molecule has 0 aliphatic rings. The van der Waals surface area contributed by atoms with Crippen LogP contribution in [0.4, 0.5) is 10.1 Å². The average molecular weight is 407 g/mol. The molecule has 0 radical (unpaired) electrons. The molecule has 5 nitrogen and oxygen atoms in total. The van der Waals surface area contributed by atoms with Crippen LogP contribution in [0.1, 0.15) is 38.8 Å². The topological polar surface area (TPSA) is 66.5 Å². The molecule has 0 saturated heterocycles. The van der Waals surface area contributed by atoms with E-state index in [9.17, 15) is 17.6 Å². The number of benzene rings is 2. The minimum atomic E-state index is -3.80. The third-order valence-corrected chi connectivity index (χ3v) is 5.62. The molecule has 2 atom stereocenters. The number of halogens is 1. The molecule has 1 N–H and O–H groups in total. The van der Waals surface area contributed by atoms with E-state index in [1.165, 1.54) is 25.1 Å². The Labute approximate surface area is 166 Å². The predicted molar refractivity (Wildman–Crippen MR) is 110 cm³/mol. The van der Waals surface area contributed by atoms with Gasteiger partial charge in [0.15, 0.2) is 0 Å². The Morgan fingerprint density at radius 1 is 1.07 bits per heavy atom. The van der Waals surface area contributed by atoms with Crippen LogP contribution < -0.4 is 9.62 Å². The van der Waals surface area contributed by atoms with Crippen molar-refractivity contribution < 1.29 is 17.6 Å². The molecule has 1 amide bonds. The number of carbonyl (C=O) groups excluding carboxylic acids is 1. The van der Waals surface area contributed by atoms with E-state index in [-0.39, 0.29) is 11.7 Å². The monoisotopic (exact) mass is 406 g/mol. The summed E-state index contributed by atoms with van der Waals surface area (Å²) >= 11 is 0. The van der Waals surface area contributed by atoms with E-state index < -0.39 is 27.8 Å². The second kappa shape index (κ2) is 9.19. The highest BCUT2D eigenvalue weighted by atomic mass is 32.2. The summed E-state index contributed by atoms with van der Waals surface area (Å²) in [4.78, 5) is 12.9. The number of hydrogen-bond acceptors (Lipinski definition) is 3. The Balaban J connectivity index is 2.30. The van der Waals surface area contributed by atoms with Gasteiger partial charge >= 0.3 is 0 Å². The lowest BCUT2D eigenvalue weighted by atomic mass is 9.96. The molecule has 152 valence electrons. The van der Waals surface area contributed by atoms with Gasteiger partial charge in [-0.3, -0.25) is 9.10 Å². The highest BCUT2D eigenvalue weighted by Crippen LogP contribution is 2.24. The number of rotatable bonds is 8. The molecule has 7 heteroatoms. The van der Waals surface area contributed by atoms with Crippen LogP contribution in [0.3, 0.4) is 0 Å². The molecule has 0 aromatic heterocycles. The van der Waals surface area contributed by atoms with Gasteiger partial charge in [0.25, 0.3) is 0 Å². The van der Waals surface area contributed by atoms with Gasteiger partial charge < -0.3 is 5.32 Å². The lowest BCUT2D eigenvalue weighted by molar-refractivity contribution is -0.122. The molecular formula is C21H27FN2O3S. The number of nitrogens with one attached hydrogen (secondary N) is 1. The molecule has 28 heavy (non-hydrogen) atoms. The van der Waals surface area contributed by atoms with Crippen molar-refractivity contribution in [3.05, 3.63) is 66.0 Å². The van der Waals surface area contributed by atoms with Crippen molar-refractivity contribution in [2.24, 2.45) is 5.92 Å².